The van der Waals surface area contributed by atoms with E-state index in [2.05, 4.69) is 15.5 Å². The molecule has 0 aliphatic rings. The molecule has 2 rings (SSSR count). The number of anilines is 1. The fourth-order valence-corrected chi connectivity index (χ4v) is 1.66. The maximum atomic E-state index is 13.3. The molecule has 20 heavy (non-hydrogen) atoms. The minimum absolute atomic E-state index is 0.111. The first-order valence-electron chi connectivity index (χ1n) is 5.92. The van der Waals surface area contributed by atoms with E-state index in [0.29, 0.717) is 12.4 Å². The molecule has 1 aromatic carbocycles. The second kappa shape index (κ2) is 5.64. The van der Waals surface area contributed by atoms with Crippen molar-refractivity contribution in [2.75, 3.05) is 5.73 Å². The predicted octanol–water partition coefficient (Wildman–Crippen LogP) is 1.09. The minimum Gasteiger partial charge on any atom is -0.394 e. The van der Waals surface area contributed by atoms with E-state index >= 15 is 0 Å². The smallest absolute Gasteiger partial charge is 0.251 e. The van der Waals surface area contributed by atoms with Gasteiger partial charge in [0, 0.05) is 12.1 Å². The standard InChI is InChI=1S/C12H13F2N5O/c1-2-19-6-17-18-10(19)5-16-12(20)7-3-8(13)11(15)9(14)4-7/h3-4,6H,2,5,15H2,1H3,(H,16,20). The molecule has 0 saturated heterocycles. The van der Waals surface area contributed by atoms with E-state index in [0.717, 1.165) is 12.1 Å². The Balaban J connectivity index is 2.09. The molecule has 8 heteroatoms. The van der Waals surface area contributed by atoms with Gasteiger partial charge in [0.05, 0.1) is 6.54 Å². The molecule has 0 saturated carbocycles. The van der Waals surface area contributed by atoms with Gasteiger partial charge in [-0.1, -0.05) is 0 Å². The first-order valence-corrected chi connectivity index (χ1v) is 5.92. The Kier molecular flexibility index (Phi) is 3.92. The maximum absolute atomic E-state index is 13.3. The zero-order chi connectivity index (χ0) is 14.7. The summed E-state index contributed by atoms with van der Waals surface area (Å²) >= 11 is 0. The zero-order valence-electron chi connectivity index (χ0n) is 10.7. The molecule has 0 aliphatic carbocycles. The quantitative estimate of drug-likeness (QED) is 0.821. The highest BCUT2D eigenvalue weighted by Gasteiger charge is 2.13. The van der Waals surface area contributed by atoms with Gasteiger partial charge in [-0.05, 0) is 19.1 Å². The summed E-state index contributed by atoms with van der Waals surface area (Å²) in [5.74, 6) is -2.00. The Morgan fingerprint density at radius 3 is 2.65 bits per heavy atom. The number of carbonyl (C=O) groups is 1. The maximum Gasteiger partial charge on any atom is 0.251 e. The van der Waals surface area contributed by atoms with Crippen LogP contribution in [0.5, 0.6) is 0 Å². The summed E-state index contributed by atoms with van der Waals surface area (Å²) in [7, 11) is 0. The van der Waals surface area contributed by atoms with Gasteiger partial charge in [0.25, 0.3) is 5.91 Å². The summed E-state index contributed by atoms with van der Waals surface area (Å²) in [4.78, 5) is 11.8. The van der Waals surface area contributed by atoms with Gasteiger partial charge in [-0.3, -0.25) is 4.79 Å². The van der Waals surface area contributed by atoms with E-state index in [-0.39, 0.29) is 12.1 Å². The number of rotatable bonds is 4. The van der Waals surface area contributed by atoms with Gasteiger partial charge < -0.3 is 15.6 Å². The SMILES string of the molecule is CCn1cnnc1CNC(=O)c1cc(F)c(N)c(F)c1. The summed E-state index contributed by atoms with van der Waals surface area (Å²) in [6.45, 7) is 2.67. The van der Waals surface area contributed by atoms with E-state index < -0.39 is 23.2 Å². The third-order valence-electron chi connectivity index (χ3n) is 2.78. The first kappa shape index (κ1) is 13.9. The van der Waals surface area contributed by atoms with Crippen molar-refractivity contribution < 1.29 is 13.6 Å². The lowest BCUT2D eigenvalue weighted by molar-refractivity contribution is 0.0948. The predicted molar refractivity (Wildman–Crippen MR) is 67.6 cm³/mol. The molecule has 2 aromatic rings. The zero-order valence-corrected chi connectivity index (χ0v) is 10.7. The van der Waals surface area contributed by atoms with Crippen molar-refractivity contribution in [2.45, 2.75) is 20.0 Å². The van der Waals surface area contributed by atoms with Crippen molar-refractivity contribution in [3.05, 3.63) is 41.5 Å². The summed E-state index contributed by atoms with van der Waals surface area (Å²) in [6, 6.07) is 1.77. The fraction of sp³-hybridized carbons (Fsp3) is 0.250. The van der Waals surface area contributed by atoms with Crippen LogP contribution >= 0.6 is 0 Å². The lowest BCUT2D eigenvalue weighted by Gasteiger charge is -2.07. The van der Waals surface area contributed by atoms with Crippen LogP contribution in [-0.2, 0) is 13.1 Å². The van der Waals surface area contributed by atoms with Gasteiger partial charge in [-0.2, -0.15) is 0 Å². The molecule has 0 atom stereocenters. The molecular formula is C12H13F2N5O. The highest BCUT2D eigenvalue weighted by Crippen LogP contribution is 2.17. The molecule has 0 radical (unpaired) electrons. The van der Waals surface area contributed by atoms with Crippen molar-refractivity contribution >= 4 is 11.6 Å². The van der Waals surface area contributed by atoms with Gasteiger partial charge in [0.1, 0.15) is 23.6 Å². The summed E-state index contributed by atoms with van der Waals surface area (Å²) in [5, 5.41) is 10.1. The number of hydrogen-bond acceptors (Lipinski definition) is 4. The topological polar surface area (TPSA) is 85.8 Å². The molecule has 0 fully saturated rings. The molecule has 6 nitrogen and oxygen atoms in total. The van der Waals surface area contributed by atoms with Crippen molar-refractivity contribution in [3.8, 4) is 0 Å². The first-order chi connectivity index (χ1) is 9.52. The number of nitrogens with zero attached hydrogens (tertiary/aromatic N) is 3. The lowest BCUT2D eigenvalue weighted by atomic mass is 10.1. The number of nitrogens with two attached hydrogens (primary N) is 1. The summed E-state index contributed by atoms with van der Waals surface area (Å²) in [5.41, 5.74) is 4.39. The van der Waals surface area contributed by atoms with Crippen LogP contribution in [0.25, 0.3) is 0 Å². The second-order valence-corrected chi connectivity index (χ2v) is 4.07. The number of aromatic nitrogens is 3. The van der Waals surface area contributed by atoms with Crippen LogP contribution in [0.1, 0.15) is 23.1 Å². The van der Waals surface area contributed by atoms with E-state index in [1.54, 1.807) is 4.57 Å². The molecule has 3 N–H and O–H groups in total. The van der Waals surface area contributed by atoms with Gasteiger partial charge in [0.15, 0.2) is 5.82 Å². The Morgan fingerprint density at radius 2 is 2.05 bits per heavy atom. The number of benzene rings is 1. The number of aryl methyl sites for hydroxylation is 1. The molecule has 0 spiro atoms. The van der Waals surface area contributed by atoms with Crippen LogP contribution < -0.4 is 11.1 Å². The van der Waals surface area contributed by atoms with E-state index in [9.17, 15) is 13.6 Å². The normalized spacial score (nSPS) is 10.6. The van der Waals surface area contributed by atoms with Crippen LogP contribution in [0, 0.1) is 11.6 Å². The number of halogens is 2. The highest BCUT2D eigenvalue weighted by molar-refractivity contribution is 5.94. The van der Waals surface area contributed by atoms with Gasteiger partial charge in [-0.15, -0.1) is 10.2 Å². The molecule has 0 aliphatic heterocycles. The number of carbonyl (C=O) groups excluding carboxylic acids is 1. The van der Waals surface area contributed by atoms with Crippen molar-refractivity contribution in [3.63, 3.8) is 0 Å². The number of amides is 1. The average molecular weight is 281 g/mol. The van der Waals surface area contributed by atoms with Crippen molar-refractivity contribution in [1.82, 2.24) is 20.1 Å². The van der Waals surface area contributed by atoms with Crippen molar-refractivity contribution in [2.24, 2.45) is 0 Å². The molecular weight excluding hydrogens is 268 g/mol. The van der Waals surface area contributed by atoms with Gasteiger partial charge in [-0.25, -0.2) is 8.78 Å². The molecule has 1 heterocycles. The number of hydrogen-bond donors (Lipinski definition) is 2. The van der Waals surface area contributed by atoms with Crippen LogP contribution in [-0.4, -0.2) is 20.7 Å². The monoisotopic (exact) mass is 281 g/mol. The van der Waals surface area contributed by atoms with Crippen LogP contribution in [0.3, 0.4) is 0 Å². The van der Waals surface area contributed by atoms with Crippen molar-refractivity contribution in [1.29, 1.82) is 0 Å². The van der Waals surface area contributed by atoms with E-state index in [1.165, 1.54) is 6.33 Å². The fourth-order valence-electron chi connectivity index (χ4n) is 1.66. The Labute approximate surface area is 113 Å². The summed E-state index contributed by atoms with van der Waals surface area (Å²) in [6.07, 6.45) is 1.53. The van der Waals surface area contributed by atoms with Gasteiger partial charge in [0.2, 0.25) is 0 Å². The molecule has 1 aromatic heterocycles. The van der Waals surface area contributed by atoms with Gasteiger partial charge >= 0.3 is 0 Å². The molecule has 0 unspecified atom stereocenters. The summed E-state index contributed by atoms with van der Waals surface area (Å²) < 4.78 is 28.3. The Hall–Kier alpha value is -2.51. The lowest BCUT2D eigenvalue weighted by Crippen LogP contribution is -2.25. The largest absolute Gasteiger partial charge is 0.394 e. The highest BCUT2D eigenvalue weighted by atomic mass is 19.1. The molecule has 1 amide bonds. The Morgan fingerprint density at radius 1 is 1.40 bits per heavy atom. The van der Waals surface area contributed by atoms with Crippen LogP contribution in [0.2, 0.25) is 0 Å². The second-order valence-electron chi connectivity index (χ2n) is 4.07. The average Bonchev–Trinajstić information content (AvgIpc) is 2.89. The minimum atomic E-state index is -0.966. The third-order valence-corrected chi connectivity index (χ3v) is 2.78. The Bertz CT molecular complexity index is 618. The number of nitrogens with one attached hydrogen (secondary N) is 1. The van der Waals surface area contributed by atoms with Crippen LogP contribution in [0.4, 0.5) is 14.5 Å². The van der Waals surface area contributed by atoms with E-state index in [4.69, 9.17) is 5.73 Å². The third kappa shape index (κ3) is 2.73. The van der Waals surface area contributed by atoms with Crippen LogP contribution in [0.15, 0.2) is 18.5 Å². The van der Waals surface area contributed by atoms with E-state index in [1.807, 2.05) is 6.92 Å². The number of nitrogen functional groups attached to an aromatic ring is 1. The molecule has 0 bridgehead atoms. The molecule has 106 valence electrons.